The van der Waals surface area contributed by atoms with Crippen molar-refractivity contribution < 1.29 is 18.7 Å². The van der Waals surface area contributed by atoms with E-state index in [0.29, 0.717) is 24.1 Å². The summed E-state index contributed by atoms with van der Waals surface area (Å²) in [6, 6.07) is 18.4. The molecule has 7 heteroatoms. The Balaban J connectivity index is 1.31. The zero-order valence-electron chi connectivity index (χ0n) is 22.9. The molecule has 2 saturated heterocycles. The average molecular weight is 530 g/mol. The molecule has 39 heavy (non-hydrogen) atoms. The van der Waals surface area contributed by atoms with Gasteiger partial charge < -0.3 is 19.9 Å². The van der Waals surface area contributed by atoms with E-state index in [9.17, 15) is 14.0 Å². The van der Waals surface area contributed by atoms with E-state index >= 15 is 0 Å². The molecule has 2 aliphatic heterocycles. The van der Waals surface area contributed by atoms with E-state index < -0.39 is 0 Å². The standard InChI is InChI=1S/C32H36FN3O3/c1-21-17-26(31(37)34-27-8-10-28(11-9-27)35-12-14-39-15-13-35)18-22(2)30(21)36-20-24(16-23(3)32(36)38)19-25-6-4-5-7-29(25)33/h4-11,17-18,23-24H,12-16,19-20H2,1-3H3,(H,34,37)/t23-,24-/m1/s1. The lowest BCUT2D eigenvalue weighted by atomic mass is 9.84. The van der Waals surface area contributed by atoms with Gasteiger partial charge >= 0.3 is 0 Å². The molecule has 1 N–H and O–H groups in total. The lowest BCUT2D eigenvalue weighted by Crippen LogP contribution is -2.46. The minimum absolute atomic E-state index is 0.0727. The highest BCUT2D eigenvalue weighted by molar-refractivity contribution is 6.05. The minimum atomic E-state index is -0.202. The lowest BCUT2D eigenvalue weighted by Gasteiger charge is -2.38. The molecule has 0 unspecified atom stereocenters. The number of carbonyl (C=O) groups is 2. The second-order valence-corrected chi connectivity index (χ2v) is 10.8. The molecule has 3 aromatic carbocycles. The molecule has 0 saturated carbocycles. The van der Waals surface area contributed by atoms with Crippen LogP contribution in [0, 0.1) is 31.5 Å². The van der Waals surface area contributed by atoms with E-state index in [2.05, 4.69) is 10.2 Å². The summed E-state index contributed by atoms with van der Waals surface area (Å²) in [5, 5.41) is 3.00. The van der Waals surface area contributed by atoms with Crippen LogP contribution in [0.1, 0.15) is 40.4 Å². The number of carbonyl (C=O) groups excluding carboxylic acids is 2. The number of amides is 2. The summed E-state index contributed by atoms with van der Waals surface area (Å²) in [4.78, 5) is 30.5. The number of morpholine rings is 1. The van der Waals surface area contributed by atoms with Gasteiger partial charge in [-0.3, -0.25) is 9.59 Å². The SMILES string of the molecule is Cc1cc(C(=O)Nc2ccc(N3CCOCC3)cc2)cc(C)c1N1C[C@@H](Cc2ccccc2F)C[C@@H](C)C1=O. The number of benzene rings is 3. The summed E-state index contributed by atoms with van der Waals surface area (Å²) in [6.45, 7) is 9.52. The van der Waals surface area contributed by atoms with Crippen molar-refractivity contribution in [3.63, 3.8) is 0 Å². The third-order valence-corrected chi connectivity index (χ3v) is 7.81. The summed E-state index contributed by atoms with van der Waals surface area (Å²) < 4.78 is 19.7. The number of anilines is 3. The van der Waals surface area contributed by atoms with Crippen molar-refractivity contribution in [2.45, 2.75) is 33.6 Å². The van der Waals surface area contributed by atoms with Crippen LogP contribution in [0.5, 0.6) is 0 Å². The Morgan fingerprint density at radius 1 is 1.03 bits per heavy atom. The van der Waals surface area contributed by atoms with Crippen LogP contribution >= 0.6 is 0 Å². The Labute approximate surface area is 229 Å². The van der Waals surface area contributed by atoms with Crippen molar-refractivity contribution in [3.05, 3.63) is 88.7 Å². The number of piperidine rings is 1. The first-order chi connectivity index (χ1) is 18.8. The van der Waals surface area contributed by atoms with E-state index in [-0.39, 0.29) is 29.5 Å². The maximum atomic E-state index is 14.3. The third-order valence-electron chi connectivity index (χ3n) is 7.81. The van der Waals surface area contributed by atoms with Gasteiger partial charge in [0.1, 0.15) is 5.82 Å². The molecule has 2 amide bonds. The van der Waals surface area contributed by atoms with Crippen LogP contribution in [0.3, 0.4) is 0 Å². The van der Waals surface area contributed by atoms with Gasteiger partial charge in [-0.05, 0) is 91.8 Å². The maximum Gasteiger partial charge on any atom is 0.255 e. The molecule has 0 radical (unpaired) electrons. The molecule has 0 aliphatic carbocycles. The highest BCUT2D eigenvalue weighted by atomic mass is 19.1. The number of rotatable bonds is 6. The first kappa shape index (κ1) is 26.9. The van der Waals surface area contributed by atoms with Crippen molar-refractivity contribution >= 4 is 28.9 Å². The van der Waals surface area contributed by atoms with Gasteiger partial charge in [-0.2, -0.15) is 0 Å². The molecule has 2 fully saturated rings. The van der Waals surface area contributed by atoms with E-state index in [0.717, 1.165) is 60.9 Å². The fourth-order valence-electron chi connectivity index (χ4n) is 5.91. The first-order valence-electron chi connectivity index (χ1n) is 13.7. The number of halogens is 1. The summed E-state index contributed by atoms with van der Waals surface area (Å²) in [5.74, 6) is -0.326. The number of nitrogens with zero attached hydrogens (tertiary/aromatic N) is 2. The number of aryl methyl sites for hydroxylation is 2. The predicted octanol–water partition coefficient (Wildman–Crippen LogP) is 5.76. The molecule has 0 aromatic heterocycles. The van der Waals surface area contributed by atoms with E-state index in [1.165, 1.54) is 6.07 Å². The second-order valence-electron chi connectivity index (χ2n) is 10.8. The van der Waals surface area contributed by atoms with Crippen molar-refractivity contribution in [1.82, 2.24) is 0 Å². The highest BCUT2D eigenvalue weighted by Crippen LogP contribution is 2.34. The topological polar surface area (TPSA) is 61.9 Å². The Kier molecular flexibility index (Phi) is 7.98. The zero-order valence-corrected chi connectivity index (χ0v) is 22.9. The van der Waals surface area contributed by atoms with Gasteiger partial charge in [-0.15, -0.1) is 0 Å². The molecule has 204 valence electrons. The normalized spacial score (nSPS) is 19.7. The predicted molar refractivity (Wildman–Crippen MR) is 153 cm³/mol. The summed E-state index contributed by atoms with van der Waals surface area (Å²) in [6.07, 6.45) is 1.32. The summed E-state index contributed by atoms with van der Waals surface area (Å²) in [7, 11) is 0. The Hall–Kier alpha value is -3.71. The van der Waals surface area contributed by atoms with E-state index in [4.69, 9.17) is 4.74 Å². The number of hydrogen-bond donors (Lipinski definition) is 1. The Bertz CT molecular complexity index is 1330. The molecule has 2 atom stereocenters. The summed E-state index contributed by atoms with van der Waals surface area (Å²) >= 11 is 0. The van der Waals surface area contributed by atoms with Crippen LogP contribution in [-0.2, 0) is 16.0 Å². The second kappa shape index (κ2) is 11.6. The Morgan fingerprint density at radius 2 is 1.69 bits per heavy atom. The van der Waals surface area contributed by atoms with Crippen LogP contribution in [-0.4, -0.2) is 44.7 Å². The van der Waals surface area contributed by atoms with Gasteiger partial charge in [0.2, 0.25) is 5.91 Å². The van der Waals surface area contributed by atoms with Gasteiger partial charge in [0.25, 0.3) is 5.91 Å². The third kappa shape index (κ3) is 5.98. The molecule has 2 heterocycles. The van der Waals surface area contributed by atoms with Crippen LogP contribution in [0.15, 0.2) is 60.7 Å². The van der Waals surface area contributed by atoms with Crippen molar-refractivity contribution in [2.24, 2.45) is 11.8 Å². The molecule has 6 nitrogen and oxygen atoms in total. The fraction of sp³-hybridized carbons (Fsp3) is 0.375. The minimum Gasteiger partial charge on any atom is -0.378 e. The van der Waals surface area contributed by atoms with Gasteiger partial charge in [-0.1, -0.05) is 25.1 Å². The largest absolute Gasteiger partial charge is 0.378 e. The van der Waals surface area contributed by atoms with Crippen molar-refractivity contribution in [2.75, 3.05) is 48.0 Å². The molecular formula is C32H36FN3O3. The average Bonchev–Trinajstić information content (AvgIpc) is 2.93. The first-order valence-corrected chi connectivity index (χ1v) is 13.7. The van der Waals surface area contributed by atoms with Crippen LogP contribution in [0.4, 0.5) is 21.5 Å². The molecule has 2 aliphatic rings. The smallest absolute Gasteiger partial charge is 0.255 e. The molecular weight excluding hydrogens is 493 g/mol. The molecule has 5 rings (SSSR count). The van der Waals surface area contributed by atoms with Gasteiger partial charge in [0, 0.05) is 48.2 Å². The van der Waals surface area contributed by atoms with E-state index in [1.54, 1.807) is 6.07 Å². The Morgan fingerprint density at radius 3 is 2.36 bits per heavy atom. The quantitative estimate of drug-likeness (QED) is 0.441. The summed E-state index contributed by atoms with van der Waals surface area (Å²) in [5.41, 5.74) is 5.66. The van der Waals surface area contributed by atoms with Crippen molar-refractivity contribution in [3.8, 4) is 0 Å². The highest BCUT2D eigenvalue weighted by Gasteiger charge is 2.34. The van der Waals surface area contributed by atoms with Gasteiger partial charge in [0.15, 0.2) is 0 Å². The van der Waals surface area contributed by atoms with Gasteiger partial charge in [-0.25, -0.2) is 4.39 Å². The molecule has 0 spiro atoms. The fourth-order valence-corrected chi connectivity index (χ4v) is 5.91. The zero-order chi connectivity index (χ0) is 27.5. The van der Waals surface area contributed by atoms with E-state index in [1.807, 2.05) is 74.2 Å². The van der Waals surface area contributed by atoms with Crippen LogP contribution in [0.25, 0.3) is 0 Å². The lowest BCUT2D eigenvalue weighted by molar-refractivity contribution is -0.124. The van der Waals surface area contributed by atoms with Gasteiger partial charge in [0.05, 0.1) is 13.2 Å². The molecule has 0 bridgehead atoms. The molecule has 3 aromatic rings. The van der Waals surface area contributed by atoms with Crippen molar-refractivity contribution in [1.29, 1.82) is 0 Å². The number of hydrogen-bond acceptors (Lipinski definition) is 4. The monoisotopic (exact) mass is 529 g/mol. The van der Waals surface area contributed by atoms with Crippen LogP contribution in [0.2, 0.25) is 0 Å². The number of ether oxygens (including phenoxy) is 1. The maximum absolute atomic E-state index is 14.3. The number of nitrogens with one attached hydrogen (secondary N) is 1. The van der Waals surface area contributed by atoms with Crippen LogP contribution < -0.4 is 15.1 Å².